The largest absolute Gasteiger partial charge is 0.456 e. The minimum Gasteiger partial charge on any atom is -0.456 e. The standard InChI is InChI=1S/C15H13ClN4O6/c1-8(18)10(5-17)13(21)7-26-14(22)6-19-15(23)9-2-3-11(16)12(4-9)20(24)25/h2-4H,6-7,18H2,1H3,(H,19,23). The van der Waals surface area contributed by atoms with Crippen molar-refractivity contribution >= 4 is 34.9 Å². The van der Waals surface area contributed by atoms with Gasteiger partial charge >= 0.3 is 5.97 Å². The van der Waals surface area contributed by atoms with E-state index in [0.29, 0.717) is 0 Å². The van der Waals surface area contributed by atoms with Gasteiger partial charge in [0.25, 0.3) is 11.6 Å². The minimum absolute atomic E-state index is 0.00816. The molecule has 11 heteroatoms. The normalized spacial score (nSPS) is 11.0. The Morgan fingerprint density at radius 3 is 2.62 bits per heavy atom. The Balaban J connectivity index is 2.61. The summed E-state index contributed by atoms with van der Waals surface area (Å²) >= 11 is 5.64. The van der Waals surface area contributed by atoms with Crippen LogP contribution >= 0.6 is 11.6 Å². The van der Waals surface area contributed by atoms with Crippen molar-refractivity contribution in [2.24, 2.45) is 5.73 Å². The number of Topliss-reactive ketones (excluding diaryl/α,β-unsaturated/α-hetero) is 1. The van der Waals surface area contributed by atoms with E-state index < -0.39 is 41.4 Å². The van der Waals surface area contributed by atoms with Crippen LogP contribution in [0.15, 0.2) is 29.5 Å². The van der Waals surface area contributed by atoms with E-state index in [2.05, 4.69) is 10.1 Å². The molecule has 0 saturated heterocycles. The number of esters is 1. The molecule has 0 aliphatic heterocycles. The van der Waals surface area contributed by atoms with Gasteiger partial charge in [0.15, 0.2) is 6.61 Å². The fraction of sp³-hybridized carbons (Fsp3) is 0.200. The van der Waals surface area contributed by atoms with Crippen LogP contribution < -0.4 is 11.1 Å². The molecule has 1 amide bonds. The first-order valence-corrected chi connectivity index (χ1v) is 7.32. The summed E-state index contributed by atoms with van der Waals surface area (Å²) < 4.78 is 4.63. The maximum Gasteiger partial charge on any atom is 0.325 e. The number of nitriles is 1. The van der Waals surface area contributed by atoms with E-state index in [-0.39, 0.29) is 21.9 Å². The number of ketones is 1. The molecule has 1 aromatic rings. The lowest BCUT2D eigenvalue weighted by atomic mass is 10.1. The van der Waals surface area contributed by atoms with E-state index >= 15 is 0 Å². The Labute approximate surface area is 152 Å². The van der Waals surface area contributed by atoms with Crippen molar-refractivity contribution in [3.05, 3.63) is 50.2 Å². The highest BCUT2D eigenvalue weighted by Gasteiger charge is 2.18. The number of halogens is 1. The van der Waals surface area contributed by atoms with Crippen LogP contribution in [-0.4, -0.2) is 35.7 Å². The van der Waals surface area contributed by atoms with E-state index in [0.717, 1.165) is 6.07 Å². The van der Waals surface area contributed by atoms with Crippen molar-refractivity contribution in [2.45, 2.75) is 6.92 Å². The summed E-state index contributed by atoms with van der Waals surface area (Å²) in [5, 5.41) is 21.6. The van der Waals surface area contributed by atoms with E-state index in [1.54, 1.807) is 6.07 Å². The maximum atomic E-state index is 11.9. The quantitative estimate of drug-likeness (QED) is 0.231. The summed E-state index contributed by atoms with van der Waals surface area (Å²) in [6.07, 6.45) is 0. The molecule has 0 heterocycles. The number of nitro benzene ring substituents is 1. The lowest BCUT2D eigenvalue weighted by Gasteiger charge is -2.07. The topological polar surface area (TPSA) is 165 Å². The molecule has 0 radical (unpaired) electrons. The Morgan fingerprint density at radius 2 is 2.08 bits per heavy atom. The zero-order valence-electron chi connectivity index (χ0n) is 13.4. The van der Waals surface area contributed by atoms with Crippen LogP contribution in [0.3, 0.4) is 0 Å². The highest BCUT2D eigenvalue weighted by Crippen LogP contribution is 2.24. The van der Waals surface area contributed by atoms with E-state index in [4.69, 9.17) is 22.6 Å². The highest BCUT2D eigenvalue weighted by molar-refractivity contribution is 6.32. The molecule has 10 nitrogen and oxygen atoms in total. The molecule has 0 unspecified atom stereocenters. The average molecular weight is 381 g/mol. The third-order valence-electron chi connectivity index (χ3n) is 2.95. The SMILES string of the molecule is CC(N)=C(C#N)C(=O)COC(=O)CNC(=O)c1ccc(Cl)c([N+](=O)[O-])c1. The van der Waals surface area contributed by atoms with Crippen molar-refractivity contribution in [3.63, 3.8) is 0 Å². The molecule has 0 bridgehead atoms. The number of benzene rings is 1. The summed E-state index contributed by atoms with van der Waals surface area (Å²) in [6.45, 7) is 0.0537. The zero-order chi connectivity index (χ0) is 19.9. The van der Waals surface area contributed by atoms with Crippen LogP contribution in [0.4, 0.5) is 5.69 Å². The minimum atomic E-state index is -0.942. The average Bonchev–Trinajstić information content (AvgIpc) is 2.58. The molecular formula is C15H13ClN4O6. The van der Waals surface area contributed by atoms with Gasteiger partial charge in [-0.1, -0.05) is 11.6 Å². The molecule has 0 fully saturated rings. The number of amides is 1. The molecule has 0 spiro atoms. The lowest BCUT2D eigenvalue weighted by molar-refractivity contribution is -0.384. The Kier molecular flexibility index (Phi) is 7.24. The number of nitro groups is 1. The van der Waals surface area contributed by atoms with Gasteiger partial charge in [-0.05, 0) is 19.1 Å². The van der Waals surface area contributed by atoms with Crippen LogP contribution in [0.5, 0.6) is 0 Å². The predicted octanol–water partition coefficient (Wildman–Crippen LogP) is 0.847. The van der Waals surface area contributed by atoms with E-state index in [1.807, 2.05) is 0 Å². The number of ether oxygens (including phenoxy) is 1. The number of nitrogens with two attached hydrogens (primary N) is 1. The van der Waals surface area contributed by atoms with Gasteiger partial charge < -0.3 is 15.8 Å². The summed E-state index contributed by atoms with van der Waals surface area (Å²) in [5.41, 5.74) is 4.47. The number of nitrogens with zero attached hydrogens (tertiary/aromatic N) is 2. The maximum absolute atomic E-state index is 11.9. The van der Waals surface area contributed by atoms with Crippen molar-refractivity contribution in [1.82, 2.24) is 5.32 Å². The first-order chi connectivity index (χ1) is 12.2. The van der Waals surface area contributed by atoms with Crippen molar-refractivity contribution < 1.29 is 24.0 Å². The van der Waals surface area contributed by atoms with Gasteiger partial charge in [-0.15, -0.1) is 0 Å². The number of carbonyl (C=O) groups excluding carboxylic acids is 3. The monoisotopic (exact) mass is 380 g/mol. The molecule has 0 atom stereocenters. The zero-order valence-corrected chi connectivity index (χ0v) is 14.2. The lowest BCUT2D eigenvalue weighted by Crippen LogP contribution is -2.31. The fourth-order valence-electron chi connectivity index (χ4n) is 1.69. The molecule has 0 aliphatic rings. The third kappa shape index (κ3) is 5.57. The van der Waals surface area contributed by atoms with Gasteiger partial charge in [-0.2, -0.15) is 5.26 Å². The van der Waals surface area contributed by atoms with Crippen molar-refractivity contribution in [3.8, 4) is 6.07 Å². The second-order valence-electron chi connectivity index (χ2n) is 4.86. The number of allylic oxidation sites excluding steroid dienone is 1. The second-order valence-corrected chi connectivity index (χ2v) is 5.27. The van der Waals surface area contributed by atoms with Gasteiger partial charge in [0.05, 0.1) is 4.92 Å². The molecule has 0 aromatic heterocycles. The molecule has 3 N–H and O–H groups in total. The summed E-state index contributed by atoms with van der Waals surface area (Å²) in [7, 11) is 0. The van der Waals surface area contributed by atoms with Crippen LogP contribution in [0.2, 0.25) is 5.02 Å². The number of nitrogens with one attached hydrogen (secondary N) is 1. The molecule has 136 valence electrons. The third-order valence-corrected chi connectivity index (χ3v) is 3.27. The predicted molar refractivity (Wildman–Crippen MR) is 88.9 cm³/mol. The van der Waals surface area contributed by atoms with Crippen LogP contribution in [-0.2, 0) is 14.3 Å². The van der Waals surface area contributed by atoms with Crippen LogP contribution in [0.1, 0.15) is 17.3 Å². The smallest absolute Gasteiger partial charge is 0.325 e. The molecule has 0 saturated carbocycles. The Hall–Kier alpha value is -3.45. The summed E-state index contributed by atoms with van der Waals surface area (Å²) in [4.78, 5) is 45.1. The molecule has 26 heavy (non-hydrogen) atoms. The summed E-state index contributed by atoms with van der Waals surface area (Å²) in [6, 6.07) is 4.97. The van der Waals surface area contributed by atoms with E-state index in [1.165, 1.54) is 19.1 Å². The van der Waals surface area contributed by atoms with Gasteiger partial charge in [0, 0.05) is 17.3 Å². The first kappa shape index (κ1) is 20.6. The van der Waals surface area contributed by atoms with Crippen LogP contribution in [0.25, 0.3) is 0 Å². The van der Waals surface area contributed by atoms with Gasteiger partial charge in [0.2, 0.25) is 5.78 Å². The van der Waals surface area contributed by atoms with Gasteiger partial charge in [-0.3, -0.25) is 24.5 Å². The van der Waals surface area contributed by atoms with Gasteiger partial charge in [0.1, 0.15) is 23.2 Å². The highest BCUT2D eigenvalue weighted by atomic mass is 35.5. The van der Waals surface area contributed by atoms with Crippen LogP contribution in [0, 0.1) is 21.4 Å². The molecular weight excluding hydrogens is 368 g/mol. The Bertz CT molecular complexity index is 839. The molecule has 1 rings (SSSR count). The van der Waals surface area contributed by atoms with Gasteiger partial charge in [-0.25, -0.2) is 0 Å². The van der Waals surface area contributed by atoms with Crippen molar-refractivity contribution in [2.75, 3.05) is 13.2 Å². The Morgan fingerprint density at radius 1 is 1.42 bits per heavy atom. The molecule has 1 aromatic carbocycles. The number of rotatable bonds is 7. The van der Waals surface area contributed by atoms with Crippen molar-refractivity contribution in [1.29, 1.82) is 5.26 Å². The summed E-state index contributed by atoms with van der Waals surface area (Å²) in [5.74, 6) is -2.49. The number of hydrogen-bond donors (Lipinski definition) is 2. The molecule has 0 aliphatic carbocycles. The first-order valence-electron chi connectivity index (χ1n) is 6.94. The second kappa shape index (κ2) is 9.14. The fourth-order valence-corrected chi connectivity index (χ4v) is 1.87. The number of carbonyl (C=O) groups is 3. The number of hydrogen-bond acceptors (Lipinski definition) is 8. The van der Waals surface area contributed by atoms with E-state index in [9.17, 15) is 24.5 Å².